The van der Waals surface area contributed by atoms with E-state index >= 15 is 0 Å². The molecule has 1 heterocycles. The van der Waals surface area contributed by atoms with E-state index in [0.29, 0.717) is 22.6 Å². The quantitative estimate of drug-likeness (QED) is 0.287. The van der Waals surface area contributed by atoms with Gasteiger partial charge in [-0.25, -0.2) is 0 Å². The molecule has 0 spiro atoms. The van der Waals surface area contributed by atoms with Crippen LogP contribution in [0.5, 0.6) is 0 Å². The lowest BCUT2D eigenvalue weighted by molar-refractivity contribution is 0.0574. The Kier molecular flexibility index (Phi) is 6.04. The van der Waals surface area contributed by atoms with Crippen LogP contribution < -0.4 is 0 Å². The molecule has 2 atom stereocenters. The van der Waals surface area contributed by atoms with Gasteiger partial charge < -0.3 is 0 Å². The van der Waals surface area contributed by atoms with Crippen LogP contribution in [0.2, 0.25) is 5.02 Å². The highest BCUT2D eigenvalue weighted by Crippen LogP contribution is 2.34. The highest BCUT2D eigenvalue weighted by Gasteiger charge is 2.41. The Morgan fingerprint density at radius 2 is 1.21 bits per heavy atom. The zero-order chi connectivity index (χ0) is 23.7. The first-order chi connectivity index (χ1) is 16.5. The van der Waals surface area contributed by atoms with Crippen LogP contribution in [0.1, 0.15) is 44.7 Å². The fourth-order valence-corrected chi connectivity index (χ4v) is 4.88. The number of benzene rings is 4. The zero-order valence-corrected chi connectivity index (χ0v) is 19.6. The number of hydrogen-bond acceptors (Lipinski definition) is 2. The summed E-state index contributed by atoms with van der Waals surface area (Å²) in [5.74, 6) is -0.529. The molecule has 0 bridgehead atoms. The molecular weight excluding hydrogens is 442 g/mol. The van der Waals surface area contributed by atoms with E-state index in [1.54, 1.807) is 24.3 Å². The standard InChI is InChI=1S/C30H24ClNO2/c1-20(32-29(33)26-9-5-6-10-27(26)30(32)34)28(19-21-11-17-25(31)18-12-21)24-15-13-23(14-16-24)22-7-3-2-4-8-22/h2-18,20,28H,19H2,1H3. The minimum Gasteiger partial charge on any atom is -0.271 e. The molecule has 5 rings (SSSR count). The summed E-state index contributed by atoms with van der Waals surface area (Å²) >= 11 is 6.10. The van der Waals surface area contributed by atoms with Crippen LogP contribution in [0.4, 0.5) is 0 Å². The first-order valence-electron chi connectivity index (χ1n) is 11.4. The van der Waals surface area contributed by atoms with Gasteiger partial charge in [0.15, 0.2) is 0 Å². The molecular formula is C30H24ClNO2. The fraction of sp³-hybridized carbons (Fsp3) is 0.133. The average molecular weight is 466 g/mol. The molecule has 168 valence electrons. The van der Waals surface area contributed by atoms with Crippen molar-refractivity contribution in [2.75, 3.05) is 0 Å². The van der Waals surface area contributed by atoms with Crippen LogP contribution in [0.3, 0.4) is 0 Å². The Morgan fingerprint density at radius 3 is 1.79 bits per heavy atom. The monoisotopic (exact) mass is 465 g/mol. The third-order valence-corrected chi connectivity index (χ3v) is 6.88. The lowest BCUT2D eigenvalue weighted by atomic mass is 9.85. The van der Waals surface area contributed by atoms with Crippen molar-refractivity contribution in [1.82, 2.24) is 4.90 Å². The van der Waals surface area contributed by atoms with Crippen molar-refractivity contribution in [3.05, 3.63) is 130 Å². The van der Waals surface area contributed by atoms with Gasteiger partial charge in [-0.05, 0) is 59.9 Å². The van der Waals surface area contributed by atoms with E-state index in [4.69, 9.17) is 11.6 Å². The van der Waals surface area contributed by atoms with E-state index in [1.165, 1.54) is 4.90 Å². The topological polar surface area (TPSA) is 37.4 Å². The van der Waals surface area contributed by atoms with Crippen molar-refractivity contribution in [3.63, 3.8) is 0 Å². The molecule has 34 heavy (non-hydrogen) atoms. The van der Waals surface area contributed by atoms with Crippen molar-refractivity contribution < 1.29 is 9.59 Å². The van der Waals surface area contributed by atoms with Crippen molar-refractivity contribution >= 4 is 23.4 Å². The largest absolute Gasteiger partial charge is 0.271 e. The van der Waals surface area contributed by atoms with Gasteiger partial charge in [0, 0.05) is 17.0 Å². The van der Waals surface area contributed by atoms with Gasteiger partial charge in [0.05, 0.1) is 11.1 Å². The SMILES string of the molecule is CC(C(Cc1ccc(Cl)cc1)c1ccc(-c2ccccc2)cc1)N1C(=O)c2ccccc2C1=O. The van der Waals surface area contributed by atoms with Gasteiger partial charge in [-0.15, -0.1) is 0 Å². The van der Waals surface area contributed by atoms with Gasteiger partial charge in [0.2, 0.25) is 0 Å². The molecule has 0 aliphatic carbocycles. The number of rotatable bonds is 6. The molecule has 4 aromatic carbocycles. The molecule has 4 aromatic rings. The van der Waals surface area contributed by atoms with Crippen LogP contribution in [0.25, 0.3) is 11.1 Å². The molecule has 1 aliphatic rings. The maximum Gasteiger partial charge on any atom is 0.261 e. The Labute approximate surface area is 204 Å². The molecule has 0 saturated carbocycles. The van der Waals surface area contributed by atoms with E-state index in [0.717, 1.165) is 22.3 Å². The summed E-state index contributed by atoms with van der Waals surface area (Å²) in [4.78, 5) is 27.8. The third kappa shape index (κ3) is 4.15. The molecule has 0 fully saturated rings. The average Bonchev–Trinajstić information content (AvgIpc) is 3.14. The third-order valence-electron chi connectivity index (χ3n) is 6.63. The van der Waals surface area contributed by atoms with E-state index in [1.807, 2.05) is 49.4 Å². The maximum atomic E-state index is 13.2. The molecule has 0 radical (unpaired) electrons. The van der Waals surface area contributed by atoms with Gasteiger partial charge in [0.1, 0.15) is 0 Å². The van der Waals surface area contributed by atoms with E-state index in [-0.39, 0.29) is 23.8 Å². The smallest absolute Gasteiger partial charge is 0.261 e. The highest BCUT2D eigenvalue weighted by atomic mass is 35.5. The van der Waals surface area contributed by atoms with Gasteiger partial charge >= 0.3 is 0 Å². The fourth-order valence-electron chi connectivity index (χ4n) is 4.75. The molecule has 0 saturated heterocycles. The second kappa shape index (κ2) is 9.28. The number of imide groups is 1. The predicted octanol–water partition coefficient (Wildman–Crippen LogP) is 7.02. The molecule has 0 N–H and O–H groups in total. The summed E-state index contributed by atoms with van der Waals surface area (Å²) in [6.07, 6.45) is 0.677. The molecule has 2 unspecified atom stereocenters. The van der Waals surface area contributed by atoms with E-state index in [2.05, 4.69) is 36.4 Å². The second-order valence-corrected chi connectivity index (χ2v) is 9.13. The first-order valence-corrected chi connectivity index (χ1v) is 11.8. The summed E-state index contributed by atoms with van der Waals surface area (Å²) in [7, 11) is 0. The minimum absolute atomic E-state index is 0.0757. The summed E-state index contributed by atoms with van der Waals surface area (Å²) in [6.45, 7) is 1.97. The number of nitrogens with zero attached hydrogens (tertiary/aromatic N) is 1. The Morgan fingerprint density at radius 1 is 0.676 bits per heavy atom. The molecule has 1 aliphatic heterocycles. The van der Waals surface area contributed by atoms with Crippen LogP contribution in [-0.2, 0) is 6.42 Å². The van der Waals surface area contributed by atoms with Crippen LogP contribution >= 0.6 is 11.6 Å². The van der Waals surface area contributed by atoms with Gasteiger partial charge in [-0.3, -0.25) is 14.5 Å². The number of amides is 2. The lowest BCUT2D eigenvalue weighted by Gasteiger charge is -2.31. The molecule has 0 aromatic heterocycles. The van der Waals surface area contributed by atoms with E-state index < -0.39 is 0 Å². The van der Waals surface area contributed by atoms with Gasteiger partial charge in [-0.2, -0.15) is 0 Å². The Hall–Kier alpha value is -3.69. The number of hydrogen-bond donors (Lipinski definition) is 0. The number of fused-ring (bicyclic) bond motifs is 1. The molecule has 3 nitrogen and oxygen atoms in total. The van der Waals surface area contributed by atoms with Crippen LogP contribution in [0, 0.1) is 0 Å². The number of carbonyl (C=O) groups is 2. The first kappa shape index (κ1) is 22.1. The van der Waals surface area contributed by atoms with Crippen LogP contribution in [0.15, 0.2) is 103 Å². The van der Waals surface area contributed by atoms with Crippen molar-refractivity contribution in [2.24, 2.45) is 0 Å². The van der Waals surface area contributed by atoms with Crippen LogP contribution in [-0.4, -0.2) is 22.8 Å². The lowest BCUT2D eigenvalue weighted by Crippen LogP contribution is -2.42. The summed E-state index contributed by atoms with van der Waals surface area (Å²) < 4.78 is 0. The normalized spacial score (nSPS) is 14.7. The van der Waals surface area contributed by atoms with Gasteiger partial charge in [0.25, 0.3) is 11.8 Å². The minimum atomic E-state index is -0.328. The highest BCUT2D eigenvalue weighted by molar-refractivity contribution is 6.30. The number of carbonyl (C=O) groups excluding carboxylic acids is 2. The zero-order valence-electron chi connectivity index (χ0n) is 18.8. The number of halogens is 1. The Bertz CT molecular complexity index is 1300. The summed E-state index contributed by atoms with van der Waals surface area (Å²) in [6, 6.07) is 33.1. The van der Waals surface area contributed by atoms with Crippen molar-refractivity contribution in [2.45, 2.75) is 25.3 Å². The van der Waals surface area contributed by atoms with E-state index in [9.17, 15) is 9.59 Å². The van der Waals surface area contributed by atoms with Gasteiger partial charge in [-0.1, -0.05) is 90.5 Å². The molecule has 2 amide bonds. The Balaban J connectivity index is 1.50. The maximum absolute atomic E-state index is 13.2. The van der Waals surface area contributed by atoms with Crippen molar-refractivity contribution in [1.29, 1.82) is 0 Å². The molecule has 4 heteroatoms. The summed E-state index contributed by atoms with van der Waals surface area (Å²) in [5, 5.41) is 0.681. The predicted molar refractivity (Wildman–Crippen MR) is 136 cm³/mol. The van der Waals surface area contributed by atoms with Crippen molar-refractivity contribution in [3.8, 4) is 11.1 Å². The second-order valence-electron chi connectivity index (χ2n) is 8.69. The summed E-state index contributed by atoms with van der Waals surface area (Å²) in [5.41, 5.74) is 5.41.